The topological polar surface area (TPSA) is 90.0 Å². The van der Waals surface area contributed by atoms with E-state index in [4.69, 9.17) is 0 Å². The lowest BCUT2D eigenvalue weighted by molar-refractivity contribution is -0.157. The van der Waals surface area contributed by atoms with Gasteiger partial charge < -0.3 is 9.47 Å². The summed E-state index contributed by atoms with van der Waals surface area (Å²) in [4.78, 5) is 45.6. The molecule has 1 saturated heterocycles. The summed E-state index contributed by atoms with van der Waals surface area (Å²) in [6.45, 7) is 2.49. The van der Waals surface area contributed by atoms with E-state index in [-0.39, 0.29) is 13.0 Å². The first-order valence-electron chi connectivity index (χ1n) is 5.12. The Morgan fingerprint density at radius 3 is 2.59 bits per heavy atom. The van der Waals surface area contributed by atoms with E-state index >= 15 is 0 Å². The lowest BCUT2D eigenvalue weighted by Crippen LogP contribution is -2.38. The van der Waals surface area contributed by atoms with E-state index in [1.165, 1.54) is 0 Å². The van der Waals surface area contributed by atoms with Gasteiger partial charge in [0.1, 0.15) is 6.54 Å². The van der Waals surface area contributed by atoms with Gasteiger partial charge in [-0.1, -0.05) is 0 Å². The molecule has 94 valence electrons. The maximum absolute atomic E-state index is 11.6. The van der Waals surface area contributed by atoms with Gasteiger partial charge in [0, 0.05) is 6.92 Å². The third-order valence-electron chi connectivity index (χ3n) is 2.10. The molecule has 0 saturated carbocycles. The quantitative estimate of drug-likeness (QED) is 0.476. The molecule has 7 nitrogen and oxygen atoms in total. The summed E-state index contributed by atoms with van der Waals surface area (Å²) >= 11 is 0. The average molecular weight is 243 g/mol. The number of ether oxygens (including phenoxy) is 2. The normalized spacial score (nSPS) is 19.4. The molecule has 1 rings (SSSR count). The zero-order valence-corrected chi connectivity index (χ0v) is 9.60. The van der Waals surface area contributed by atoms with Crippen molar-refractivity contribution in [3.63, 3.8) is 0 Å². The molecule has 0 spiro atoms. The lowest BCUT2D eigenvalue weighted by Gasteiger charge is -2.13. The number of carbonyl (C=O) groups is 4. The van der Waals surface area contributed by atoms with Gasteiger partial charge in [-0.15, -0.1) is 0 Å². The van der Waals surface area contributed by atoms with Crippen molar-refractivity contribution in [3.8, 4) is 0 Å². The monoisotopic (exact) mass is 243 g/mol. The molecule has 1 fully saturated rings. The van der Waals surface area contributed by atoms with Crippen LogP contribution >= 0.6 is 0 Å². The van der Waals surface area contributed by atoms with Crippen LogP contribution in [0.4, 0.5) is 0 Å². The van der Waals surface area contributed by atoms with Crippen LogP contribution in [0, 0.1) is 0 Å². The predicted molar refractivity (Wildman–Crippen MR) is 53.5 cm³/mol. The molecule has 1 atom stereocenters. The molecule has 0 bridgehead atoms. The molecule has 7 heteroatoms. The maximum atomic E-state index is 11.6. The van der Waals surface area contributed by atoms with Gasteiger partial charge in [0.05, 0.1) is 13.0 Å². The molecule has 0 aromatic heterocycles. The molecule has 0 unspecified atom stereocenters. The van der Waals surface area contributed by atoms with Crippen molar-refractivity contribution in [1.82, 2.24) is 4.90 Å². The second-order valence-corrected chi connectivity index (χ2v) is 3.43. The third-order valence-corrected chi connectivity index (χ3v) is 2.10. The van der Waals surface area contributed by atoms with E-state index in [0.29, 0.717) is 0 Å². The van der Waals surface area contributed by atoms with Gasteiger partial charge in [-0.2, -0.15) is 0 Å². The Morgan fingerprint density at radius 1 is 1.41 bits per heavy atom. The average Bonchev–Trinajstić information content (AvgIpc) is 2.45. The van der Waals surface area contributed by atoms with Crippen molar-refractivity contribution in [2.45, 2.75) is 26.4 Å². The molecule has 0 aromatic rings. The number of esters is 2. The standard InChI is InChI=1S/C10H13NO6/c1-3-16-9(14)5-11-8(13)4-7(10(11)15)17-6(2)12/h7H,3-5H2,1-2H3/t7-/m0/s1. The van der Waals surface area contributed by atoms with Crippen LogP contribution in [-0.4, -0.2) is 47.9 Å². The molecule has 1 heterocycles. The number of hydrogen-bond donors (Lipinski definition) is 0. The lowest BCUT2D eigenvalue weighted by atomic mass is 10.3. The minimum absolute atomic E-state index is 0.169. The van der Waals surface area contributed by atoms with Crippen molar-refractivity contribution < 1.29 is 28.7 Å². The Morgan fingerprint density at radius 2 is 2.06 bits per heavy atom. The number of carbonyl (C=O) groups excluding carboxylic acids is 4. The summed E-state index contributed by atoms with van der Waals surface area (Å²) in [7, 11) is 0. The van der Waals surface area contributed by atoms with Crippen molar-refractivity contribution in [1.29, 1.82) is 0 Å². The second kappa shape index (κ2) is 5.42. The fourth-order valence-electron chi connectivity index (χ4n) is 1.45. The smallest absolute Gasteiger partial charge is 0.326 e. The number of hydrogen-bond acceptors (Lipinski definition) is 6. The molecule has 1 aliphatic heterocycles. The molecule has 0 aliphatic carbocycles. The molecule has 0 radical (unpaired) electrons. The van der Waals surface area contributed by atoms with E-state index in [0.717, 1.165) is 11.8 Å². The summed E-state index contributed by atoms with van der Waals surface area (Å²) in [5, 5.41) is 0. The molecular formula is C10H13NO6. The van der Waals surface area contributed by atoms with Crippen LogP contribution in [0.1, 0.15) is 20.3 Å². The van der Waals surface area contributed by atoms with Crippen LogP contribution in [-0.2, 0) is 28.7 Å². The third kappa shape index (κ3) is 3.27. The van der Waals surface area contributed by atoms with E-state index in [9.17, 15) is 19.2 Å². The Balaban J connectivity index is 2.62. The zero-order chi connectivity index (χ0) is 13.0. The van der Waals surface area contributed by atoms with Crippen LogP contribution in [0.15, 0.2) is 0 Å². The van der Waals surface area contributed by atoms with Gasteiger partial charge in [-0.05, 0) is 6.92 Å². The van der Waals surface area contributed by atoms with Crippen LogP contribution < -0.4 is 0 Å². The predicted octanol–water partition coefficient (Wildman–Crippen LogP) is -0.760. The van der Waals surface area contributed by atoms with E-state index in [1.54, 1.807) is 6.92 Å². The highest BCUT2D eigenvalue weighted by Crippen LogP contribution is 2.16. The van der Waals surface area contributed by atoms with Crippen LogP contribution in [0.3, 0.4) is 0 Å². The van der Waals surface area contributed by atoms with Crippen molar-refractivity contribution >= 4 is 23.8 Å². The SMILES string of the molecule is CCOC(=O)CN1C(=O)C[C@H](OC(C)=O)C1=O. The second-order valence-electron chi connectivity index (χ2n) is 3.43. The summed E-state index contributed by atoms with van der Waals surface area (Å²) in [5.74, 6) is -2.54. The molecule has 0 N–H and O–H groups in total. The summed E-state index contributed by atoms with van der Waals surface area (Å²) < 4.78 is 9.29. The first-order valence-corrected chi connectivity index (χ1v) is 5.12. The van der Waals surface area contributed by atoms with E-state index < -0.39 is 36.4 Å². The summed E-state index contributed by atoms with van der Waals surface area (Å²) in [5.41, 5.74) is 0. The molecule has 1 aliphatic rings. The highest BCUT2D eigenvalue weighted by atomic mass is 16.6. The Labute approximate surface area is 97.7 Å². The minimum atomic E-state index is -1.12. The number of nitrogens with zero attached hydrogens (tertiary/aromatic N) is 1. The van der Waals surface area contributed by atoms with Gasteiger partial charge in [0.15, 0.2) is 6.10 Å². The van der Waals surface area contributed by atoms with Gasteiger partial charge in [-0.25, -0.2) is 0 Å². The molecule has 17 heavy (non-hydrogen) atoms. The number of likely N-dealkylation sites (tertiary alicyclic amines) is 1. The number of amides is 2. The van der Waals surface area contributed by atoms with Crippen molar-refractivity contribution in [3.05, 3.63) is 0 Å². The molecule has 0 aromatic carbocycles. The van der Waals surface area contributed by atoms with E-state index in [2.05, 4.69) is 9.47 Å². The minimum Gasteiger partial charge on any atom is -0.465 e. The number of rotatable bonds is 4. The van der Waals surface area contributed by atoms with Gasteiger partial charge >= 0.3 is 11.9 Å². The Bertz CT molecular complexity index is 364. The largest absolute Gasteiger partial charge is 0.465 e. The molecular weight excluding hydrogens is 230 g/mol. The van der Waals surface area contributed by atoms with Crippen LogP contribution in [0.25, 0.3) is 0 Å². The van der Waals surface area contributed by atoms with Gasteiger partial charge in [-0.3, -0.25) is 24.1 Å². The summed E-state index contributed by atoms with van der Waals surface area (Å²) in [6, 6.07) is 0. The van der Waals surface area contributed by atoms with Gasteiger partial charge in [0.25, 0.3) is 5.91 Å². The van der Waals surface area contributed by atoms with E-state index in [1.807, 2.05) is 0 Å². The number of imide groups is 1. The van der Waals surface area contributed by atoms with Crippen molar-refractivity contribution in [2.24, 2.45) is 0 Å². The Kier molecular flexibility index (Phi) is 4.19. The van der Waals surface area contributed by atoms with Gasteiger partial charge in [0.2, 0.25) is 5.91 Å². The Hall–Kier alpha value is -1.92. The first kappa shape index (κ1) is 13.1. The fourth-order valence-corrected chi connectivity index (χ4v) is 1.45. The summed E-state index contributed by atoms with van der Waals surface area (Å²) in [6.07, 6.45) is -1.34. The van der Waals surface area contributed by atoms with Crippen molar-refractivity contribution in [2.75, 3.05) is 13.2 Å². The first-order chi connectivity index (χ1) is 7.95. The highest BCUT2D eigenvalue weighted by molar-refractivity contribution is 6.07. The fraction of sp³-hybridized carbons (Fsp3) is 0.600. The highest BCUT2D eigenvalue weighted by Gasteiger charge is 2.41. The molecule has 2 amide bonds. The maximum Gasteiger partial charge on any atom is 0.326 e. The van der Waals surface area contributed by atoms with Crippen LogP contribution in [0.2, 0.25) is 0 Å². The zero-order valence-electron chi connectivity index (χ0n) is 9.60. The van der Waals surface area contributed by atoms with Crippen LogP contribution in [0.5, 0.6) is 0 Å².